The molecule has 6 rings (SSSR count). The van der Waals surface area contributed by atoms with Gasteiger partial charge in [-0.25, -0.2) is 0 Å². The van der Waals surface area contributed by atoms with Crippen LogP contribution in [-0.2, 0) is 0 Å². The molecule has 0 spiro atoms. The van der Waals surface area contributed by atoms with Gasteiger partial charge >= 0.3 is 228 Å². The van der Waals surface area contributed by atoms with Gasteiger partial charge in [0.15, 0.2) is 0 Å². The monoisotopic (exact) mass is 679 g/mol. The van der Waals surface area contributed by atoms with E-state index in [2.05, 4.69) is 63.2 Å². The molecule has 2 heterocycles. The number of benzene rings is 1. The van der Waals surface area contributed by atoms with Crippen LogP contribution in [0.4, 0.5) is 0 Å². The summed E-state index contributed by atoms with van der Waals surface area (Å²) in [5, 5.41) is 8.96. The molecular weight excluding hydrogens is 656 g/mol. The van der Waals surface area contributed by atoms with Crippen LogP contribution < -0.4 is 5.32 Å². The van der Waals surface area contributed by atoms with Gasteiger partial charge in [-0.2, -0.15) is 0 Å². The predicted octanol–water partition coefficient (Wildman–Crippen LogP) is 6.50. The Morgan fingerprint density at radius 1 is 1.27 bits per heavy atom. The molecule has 33 heavy (non-hydrogen) atoms. The van der Waals surface area contributed by atoms with Gasteiger partial charge in [-0.05, 0) is 0 Å². The van der Waals surface area contributed by atoms with E-state index in [9.17, 15) is 4.79 Å². The molecule has 1 aromatic heterocycles. The van der Waals surface area contributed by atoms with Crippen molar-refractivity contribution in [1.29, 1.82) is 0 Å². The third kappa shape index (κ3) is 4.32. The number of fused-ring (bicyclic) bond motifs is 2. The van der Waals surface area contributed by atoms with E-state index in [1.165, 1.54) is 27.1 Å². The molecule has 4 aliphatic rings. The molecule has 3 atom stereocenters. The summed E-state index contributed by atoms with van der Waals surface area (Å²) in [6.45, 7) is 5.45. The van der Waals surface area contributed by atoms with Crippen molar-refractivity contribution < 1.29 is 4.79 Å². The fraction of sp³-hybridized carbons (Fsp3) is 0.417. The molecule has 1 aromatic carbocycles. The Kier molecular flexibility index (Phi) is 6.69. The molecule has 1 N–H and O–H groups in total. The molecular formula is C24H25Br2Cl2N3OSe. The van der Waals surface area contributed by atoms with Crippen LogP contribution in [0.5, 0.6) is 0 Å². The maximum atomic E-state index is 13.3. The van der Waals surface area contributed by atoms with Gasteiger partial charge in [0, 0.05) is 0 Å². The number of carbonyl (C=O) groups excluding carboxylic acids is 1. The molecule has 1 amide bonds. The fourth-order valence-electron chi connectivity index (χ4n) is 5.62. The summed E-state index contributed by atoms with van der Waals surface area (Å²) < 4.78 is 4.83. The number of amides is 1. The van der Waals surface area contributed by atoms with Crippen molar-refractivity contribution in [2.75, 3.05) is 6.54 Å². The number of hydrogen-bond donors (Lipinski definition) is 1. The first kappa shape index (κ1) is 24.1. The minimum absolute atomic E-state index is 0.156. The number of nitrogens with zero attached hydrogens (tertiary/aromatic N) is 2. The van der Waals surface area contributed by atoms with E-state index in [-0.39, 0.29) is 5.91 Å². The molecule has 3 fully saturated rings. The quantitative estimate of drug-likeness (QED) is 0.367. The van der Waals surface area contributed by atoms with Crippen LogP contribution in [0.25, 0.3) is 10.2 Å². The summed E-state index contributed by atoms with van der Waals surface area (Å²) in [5.74, 6) is 1.92. The van der Waals surface area contributed by atoms with Crippen LogP contribution in [0.3, 0.4) is 0 Å². The van der Waals surface area contributed by atoms with Crippen molar-refractivity contribution >= 4 is 80.4 Å². The Morgan fingerprint density at radius 2 is 2.06 bits per heavy atom. The third-order valence-corrected chi connectivity index (χ3v) is 12.5. The van der Waals surface area contributed by atoms with Crippen LogP contribution in [0.2, 0.25) is 10.0 Å². The van der Waals surface area contributed by atoms with Crippen LogP contribution in [-0.4, -0.2) is 37.2 Å². The predicted molar refractivity (Wildman–Crippen MR) is 145 cm³/mol. The number of nitrogens with one attached hydrogen (secondary N) is 1. The first-order valence-electron chi connectivity index (χ1n) is 11.0. The summed E-state index contributed by atoms with van der Waals surface area (Å²) in [5.41, 5.74) is 2.35. The average molecular weight is 681 g/mol. The zero-order valence-corrected chi connectivity index (χ0v) is 25.0. The molecule has 1 aliphatic heterocycles. The Labute approximate surface area is 227 Å². The normalized spacial score (nSPS) is 26.5. The van der Waals surface area contributed by atoms with E-state index in [1.54, 1.807) is 16.8 Å². The first-order chi connectivity index (χ1) is 15.7. The average Bonchev–Trinajstić information content (AvgIpc) is 3.34. The van der Waals surface area contributed by atoms with Crippen molar-refractivity contribution in [3.8, 4) is 5.69 Å². The zero-order chi connectivity index (χ0) is 23.5. The Morgan fingerprint density at radius 3 is 2.70 bits per heavy atom. The van der Waals surface area contributed by atoms with Crippen LogP contribution in [0, 0.1) is 23.2 Å². The van der Waals surface area contributed by atoms with Gasteiger partial charge in [-0.1, -0.05) is 0 Å². The SMILES string of the molecule is CC1(C)[C@@H]2CC[C@@H](CNC(=O)c3nn(-c4ccc(Cl)cc4Cl)c(C4=CC=C(Br)[SeH2]4)c3Br)[C@@H]1C2. The second-order valence-electron chi connectivity index (χ2n) is 9.65. The molecule has 2 bridgehead atoms. The molecule has 2 aromatic rings. The van der Waals surface area contributed by atoms with Crippen LogP contribution >= 0.6 is 55.1 Å². The van der Waals surface area contributed by atoms with Gasteiger partial charge in [0.2, 0.25) is 0 Å². The number of allylic oxidation sites excluding steroid dienone is 2. The van der Waals surface area contributed by atoms with Crippen molar-refractivity contribution in [2.45, 2.75) is 33.1 Å². The molecule has 0 saturated heterocycles. The standard InChI is InChI=1S/C24H25Br2Cl2N3OSe/c1-24(2)13-4-3-12(15(24)9-13)11-29-23(32)21-20(26)22(18-7-8-19(25)33-18)31(30-21)17-6-5-14(27)10-16(17)28/h5-8,10,12-13,15H,3-4,9,11,33H2,1-2H3,(H,29,32)/t12-,13+,15-/m0/s1. The number of rotatable bonds is 5. The van der Waals surface area contributed by atoms with E-state index in [4.69, 9.17) is 28.3 Å². The Bertz CT molecular complexity index is 1200. The van der Waals surface area contributed by atoms with Crippen LogP contribution in [0.15, 0.2) is 38.2 Å². The van der Waals surface area contributed by atoms with E-state index in [0.717, 1.165) is 11.6 Å². The van der Waals surface area contributed by atoms with Crippen LogP contribution in [0.1, 0.15) is 49.3 Å². The fourth-order valence-corrected chi connectivity index (χ4v) is 10.4. The summed E-state index contributed by atoms with van der Waals surface area (Å²) in [6.07, 6.45) is 7.91. The summed E-state index contributed by atoms with van der Waals surface area (Å²) in [4.78, 5) is 13.3. The Balaban J connectivity index is 1.44. The third-order valence-electron chi connectivity index (χ3n) is 7.61. The second-order valence-corrected chi connectivity index (χ2v) is 16.5. The van der Waals surface area contributed by atoms with E-state index in [0.29, 0.717) is 49.7 Å². The zero-order valence-electron chi connectivity index (χ0n) is 18.3. The van der Waals surface area contributed by atoms with Gasteiger partial charge < -0.3 is 0 Å². The number of halogens is 4. The first-order valence-corrected chi connectivity index (χ1v) is 15.5. The van der Waals surface area contributed by atoms with Gasteiger partial charge in [0.25, 0.3) is 0 Å². The van der Waals surface area contributed by atoms with E-state index in [1.807, 2.05) is 6.07 Å². The van der Waals surface area contributed by atoms with E-state index >= 15 is 0 Å². The molecule has 0 unspecified atom stereocenters. The summed E-state index contributed by atoms with van der Waals surface area (Å²) >= 11 is 19.4. The van der Waals surface area contributed by atoms with Crippen molar-refractivity contribution in [1.82, 2.24) is 15.1 Å². The molecule has 0 radical (unpaired) electrons. The second kappa shape index (κ2) is 9.15. The van der Waals surface area contributed by atoms with Crippen molar-refractivity contribution in [2.24, 2.45) is 23.2 Å². The van der Waals surface area contributed by atoms with Gasteiger partial charge in [0.05, 0.1) is 0 Å². The molecule has 3 saturated carbocycles. The van der Waals surface area contributed by atoms with Crippen molar-refractivity contribution in [3.05, 3.63) is 59.6 Å². The Hall–Kier alpha value is -0.561. The maximum absolute atomic E-state index is 13.3. The minimum atomic E-state index is -0.549. The molecule has 176 valence electrons. The van der Waals surface area contributed by atoms with Gasteiger partial charge in [-0.3, -0.25) is 0 Å². The molecule has 4 nitrogen and oxygen atoms in total. The van der Waals surface area contributed by atoms with Gasteiger partial charge in [0.1, 0.15) is 0 Å². The van der Waals surface area contributed by atoms with Gasteiger partial charge in [-0.15, -0.1) is 0 Å². The number of carbonyl (C=O) groups is 1. The molecule has 9 heteroatoms. The summed E-state index contributed by atoms with van der Waals surface area (Å²) in [6, 6.07) is 5.32. The van der Waals surface area contributed by atoms with E-state index < -0.39 is 15.0 Å². The number of hydrogen-bond acceptors (Lipinski definition) is 2. The topological polar surface area (TPSA) is 46.9 Å². The molecule has 3 aliphatic carbocycles. The van der Waals surface area contributed by atoms with Crippen molar-refractivity contribution in [3.63, 3.8) is 0 Å². The summed E-state index contributed by atoms with van der Waals surface area (Å²) in [7, 11) is 0. The number of aromatic nitrogens is 2.